The summed E-state index contributed by atoms with van der Waals surface area (Å²) in [6.07, 6.45) is 3.97. The van der Waals surface area contributed by atoms with Crippen LogP contribution in [0.5, 0.6) is 5.75 Å². The molecule has 4 heteroatoms. The van der Waals surface area contributed by atoms with E-state index in [2.05, 4.69) is 31.3 Å². The smallest absolute Gasteiger partial charge is 0.219 e. The summed E-state index contributed by atoms with van der Waals surface area (Å²) in [5.41, 5.74) is 3.25. The number of ether oxygens (including phenoxy) is 1. The highest BCUT2D eigenvalue weighted by atomic mass is 16.5. The van der Waals surface area contributed by atoms with Crippen LogP contribution in [0, 0.1) is 36.5 Å². The summed E-state index contributed by atoms with van der Waals surface area (Å²) >= 11 is 0. The lowest BCUT2D eigenvalue weighted by Gasteiger charge is -2.53. The molecule has 1 aromatic rings. The Hall–Kier alpha value is -1.55. The van der Waals surface area contributed by atoms with Crippen molar-refractivity contribution in [3.63, 3.8) is 0 Å². The molecule has 1 aliphatic heterocycles. The van der Waals surface area contributed by atoms with Crippen LogP contribution in [0.3, 0.4) is 0 Å². The van der Waals surface area contributed by atoms with Crippen LogP contribution >= 0.6 is 0 Å². The van der Waals surface area contributed by atoms with E-state index in [9.17, 15) is 9.90 Å². The van der Waals surface area contributed by atoms with Crippen molar-refractivity contribution in [1.82, 2.24) is 5.32 Å². The van der Waals surface area contributed by atoms with Gasteiger partial charge < -0.3 is 15.2 Å². The number of hydrogen-bond donors (Lipinski definition) is 2. The maximum atomic E-state index is 12.3. The molecule has 4 nitrogen and oxygen atoms in total. The van der Waals surface area contributed by atoms with Crippen LogP contribution in [0.1, 0.15) is 69.2 Å². The van der Waals surface area contributed by atoms with E-state index >= 15 is 0 Å². The van der Waals surface area contributed by atoms with Gasteiger partial charge >= 0.3 is 0 Å². The first-order chi connectivity index (χ1) is 12.7. The summed E-state index contributed by atoms with van der Waals surface area (Å²) in [7, 11) is 0. The molecule has 1 amide bonds. The first kappa shape index (κ1) is 18.8. The third-order valence-corrected chi connectivity index (χ3v) is 7.97. The highest BCUT2D eigenvalue weighted by Gasteiger charge is 2.68. The Morgan fingerprint density at radius 3 is 2.59 bits per heavy atom. The van der Waals surface area contributed by atoms with Crippen LogP contribution in [0.4, 0.5) is 0 Å². The second kappa shape index (κ2) is 6.23. The van der Waals surface area contributed by atoms with E-state index in [0.29, 0.717) is 24.0 Å². The zero-order valence-electron chi connectivity index (χ0n) is 17.3. The van der Waals surface area contributed by atoms with E-state index in [0.717, 1.165) is 30.6 Å². The summed E-state index contributed by atoms with van der Waals surface area (Å²) in [5.74, 6) is 1.59. The maximum absolute atomic E-state index is 12.3. The van der Waals surface area contributed by atoms with Gasteiger partial charge in [-0.1, -0.05) is 20.8 Å². The minimum atomic E-state index is 0.0545. The van der Waals surface area contributed by atoms with Crippen LogP contribution in [-0.4, -0.2) is 23.7 Å². The van der Waals surface area contributed by atoms with Crippen molar-refractivity contribution >= 4 is 5.91 Å². The first-order valence-corrected chi connectivity index (χ1v) is 10.4. The fourth-order valence-electron chi connectivity index (χ4n) is 6.53. The van der Waals surface area contributed by atoms with Crippen LogP contribution in [0.2, 0.25) is 0 Å². The number of nitrogens with one attached hydrogen (secondary N) is 1. The minimum absolute atomic E-state index is 0.0545. The molecule has 27 heavy (non-hydrogen) atoms. The summed E-state index contributed by atoms with van der Waals surface area (Å²) in [5, 5.41) is 13.6. The summed E-state index contributed by atoms with van der Waals surface area (Å²) in [6, 6.07) is 4.39. The average molecular weight is 372 g/mol. The summed E-state index contributed by atoms with van der Waals surface area (Å²) in [6.45, 7) is 11.3. The van der Waals surface area contributed by atoms with E-state index in [-0.39, 0.29) is 28.9 Å². The predicted molar refractivity (Wildman–Crippen MR) is 106 cm³/mol. The molecule has 0 radical (unpaired) electrons. The number of fused-ring (bicyclic) bond motifs is 1. The van der Waals surface area contributed by atoms with Crippen molar-refractivity contribution in [3.05, 3.63) is 28.8 Å². The molecule has 3 fully saturated rings. The molecular formula is C23H33NO3. The second-order valence-electron chi connectivity index (χ2n) is 9.70. The maximum Gasteiger partial charge on any atom is 0.219 e. The molecule has 2 bridgehead atoms. The Morgan fingerprint density at radius 2 is 1.96 bits per heavy atom. The van der Waals surface area contributed by atoms with E-state index in [1.54, 1.807) is 0 Å². The number of carbonyl (C=O) groups is 1. The molecule has 5 atom stereocenters. The second-order valence-corrected chi connectivity index (χ2v) is 9.70. The van der Waals surface area contributed by atoms with Crippen LogP contribution in [0.25, 0.3) is 0 Å². The number of aryl methyl sites for hydroxylation is 2. The van der Waals surface area contributed by atoms with Gasteiger partial charge in [-0.15, -0.1) is 0 Å². The van der Waals surface area contributed by atoms with E-state index in [4.69, 9.17) is 4.74 Å². The lowest BCUT2D eigenvalue weighted by atomic mass is 9.58. The van der Waals surface area contributed by atoms with Crippen molar-refractivity contribution in [1.29, 1.82) is 0 Å². The van der Waals surface area contributed by atoms with Gasteiger partial charge in [0.15, 0.2) is 0 Å². The zero-order valence-corrected chi connectivity index (χ0v) is 17.3. The minimum Gasteiger partial charge on any atom is -0.507 e. The molecular weight excluding hydrogens is 338 g/mol. The number of amides is 1. The monoisotopic (exact) mass is 371 g/mol. The van der Waals surface area contributed by atoms with Crippen LogP contribution < -0.4 is 5.32 Å². The van der Waals surface area contributed by atoms with Gasteiger partial charge in [-0.2, -0.15) is 0 Å². The molecule has 1 unspecified atom stereocenters. The number of hydrogen-bond acceptors (Lipinski definition) is 3. The van der Waals surface area contributed by atoms with Gasteiger partial charge in [-0.05, 0) is 84.6 Å². The third kappa shape index (κ3) is 2.63. The Labute approximate surface area is 162 Å². The van der Waals surface area contributed by atoms with Crippen molar-refractivity contribution in [2.24, 2.45) is 22.7 Å². The Bertz CT molecular complexity index is 748. The Balaban J connectivity index is 1.72. The number of aromatic hydroxyl groups is 1. The van der Waals surface area contributed by atoms with E-state index < -0.39 is 0 Å². The molecule has 4 rings (SSSR count). The summed E-state index contributed by atoms with van der Waals surface area (Å²) in [4.78, 5) is 12.3. The molecule has 1 saturated heterocycles. The lowest BCUT2D eigenvalue weighted by molar-refractivity contribution is -0.137. The highest BCUT2D eigenvalue weighted by molar-refractivity contribution is 5.76. The Morgan fingerprint density at radius 1 is 1.30 bits per heavy atom. The molecule has 2 saturated carbocycles. The van der Waals surface area contributed by atoms with Crippen molar-refractivity contribution < 1.29 is 14.6 Å². The molecule has 2 N–H and O–H groups in total. The number of phenolic OH excluding ortho intramolecular Hbond substituents is 1. The standard InChI is InChI=1S/C23H33NO3/c1-6-18(25)24-21-22(4,5)16-11-17-20(27-8-7-23(17,21)12-16)15-9-13(2)19(26)14(3)10-15/h9-10,16-17,20-21,26H,6-8,11-12H2,1-5H3,(H,24,25)/t16-,17-,20-,21+,23?/m1/s1. The molecule has 1 heterocycles. The number of rotatable bonds is 3. The van der Waals surface area contributed by atoms with Gasteiger partial charge in [0, 0.05) is 19.1 Å². The van der Waals surface area contributed by atoms with Gasteiger partial charge in [0.25, 0.3) is 0 Å². The van der Waals surface area contributed by atoms with E-state index in [1.807, 2.05) is 20.8 Å². The SMILES string of the molecule is CCC(=O)N[C@H]1C(C)(C)[C@@H]2C[C@@H]3[C@@H](c4cc(C)c(O)c(C)c4)OCCC31C2. The van der Waals surface area contributed by atoms with Gasteiger partial charge in [0.2, 0.25) is 5.91 Å². The molecule has 0 aromatic heterocycles. The average Bonchev–Trinajstić information content (AvgIpc) is 3.11. The molecule has 1 aromatic carbocycles. The summed E-state index contributed by atoms with van der Waals surface area (Å²) < 4.78 is 6.33. The van der Waals surface area contributed by atoms with Crippen molar-refractivity contribution in [2.75, 3.05) is 6.61 Å². The Kier molecular flexibility index (Phi) is 4.34. The topological polar surface area (TPSA) is 58.6 Å². The number of carbonyl (C=O) groups excluding carboxylic acids is 1. The molecule has 3 aliphatic rings. The first-order valence-electron chi connectivity index (χ1n) is 10.4. The third-order valence-electron chi connectivity index (χ3n) is 7.97. The predicted octanol–water partition coefficient (Wildman–Crippen LogP) is 4.42. The zero-order chi connectivity index (χ0) is 19.6. The van der Waals surface area contributed by atoms with E-state index in [1.165, 1.54) is 12.0 Å². The molecule has 2 aliphatic carbocycles. The van der Waals surface area contributed by atoms with Gasteiger partial charge in [-0.3, -0.25) is 4.79 Å². The largest absolute Gasteiger partial charge is 0.507 e. The highest BCUT2D eigenvalue weighted by Crippen LogP contribution is 2.70. The quantitative estimate of drug-likeness (QED) is 0.827. The van der Waals surface area contributed by atoms with Gasteiger partial charge in [0.05, 0.1) is 6.10 Å². The molecule has 148 valence electrons. The normalized spacial score (nSPS) is 36.5. The fraction of sp³-hybridized carbons (Fsp3) is 0.696. The molecule has 1 spiro atoms. The van der Waals surface area contributed by atoms with Crippen molar-refractivity contribution in [3.8, 4) is 5.75 Å². The van der Waals surface area contributed by atoms with Gasteiger partial charge in [-0.25, -0.2) is 0 Å². The lowest BCUT2D eigenvalue weighted by Crippen LogP contribution is -2.58. The van der Waals surface area contributed by atoms with Crippen LogP contribution in [0.15, 0.2) is 12.1 Å². The van der Waals surface area contributed by atoms with Gasteiger partial charge in [0.1, 0.15) is 5.75 Å². The number of phenols is 1. The fourth-order valence-corrected chi connectivity index (χ4v) is 6.53. The van der Waals surface area contributed by atoms with Crippen LogP contribution in [-0.2, 0) is 9.53 Å². The van der Waals surface area contributed by atoms with Crippen molar-refractivity contribution in [2.45, 2.75) is 72.4 Å². The number of benzene rings is 1.